The van der Waals surface area contributed by atoms with Crippen molar-refractivity contribution in [2.24, 2.45) is 0 Å². The Hall–Kier alpha value is -2.80. The van der Waals surface area contributed by atoms with Gasteiger partial charge in [0.2, 0.25) is 0 Å². The summed E-state index contributed by atoms with van der Waals surface area (Å²) >= 11 is 0. The molecule has 0 unspecified atom stereocenters. The lowest BCUT2D eigenvalue weighted by Crippen LogP contribution is -2.15. The van der Waals surface area contributed by atoms with E-state index in [4.69, 9.17) is 4.74 Å². The van der Waals surface area contributed by atoms with Gasteiger partial charge < -0.3 is 4.74 Å². The van der Waals surface area contributed by atoms with Crippen molar-refractivity contribution in [3.63, 3.8) is 0 Å². The Labute approximate surface area is 169 Å². The molecule has 1 heteroatoms. The first-order chi connectivity index (χ1) is 13.6. The molecule has 0 aliphatic heterocycles. The molecule has 0 bridgehead atoms. The van der Waals surface area contributed by atoms with Crippen molar-refractivity contribution < 1.29 is 4.74 Å². The van der Waals surface area contributed by atoms with E-state index >= 15 is 0 Å². The zero-order valence-electron chi connectivity index (χ0n) is 17.2. The minimum absolute atomic E-state index is 0.0862. The molecule has 0 atom stereocenters. The van der Waals surface area contributed by atoms with Crippen molar-refractivity contribution in [3.05, 3.63) is 107 Å². The molecule has 0 amide bonds. The van der Waals surface area contributed by atoms with Crippen LogP contribution in [0.5, 0.6) is 5.75 Å². The van der Waals surface area contributed by atoms with Gasteiger partial charge in [0, 0.05) is 0 Å². The number of benzene rings is 3. The van der Waals surface area contributed by atoms with E-state index in [1.807, 2.05) is 6.92 Å². The summed E-state index contributed by atoms with van der Waals surface area (Å²) in [6, 6.07) is 27.9. The number of hydrogen-bond acceptors (Lipinski definition) is 1. The van der Waals surface area contributed by atoms with Crippen LogP contribution in [-0.4, -0.2) is 6.61 Å². The van der Waals surface area contributed by atoms with Gasteiger partial charge in [-0.3, -0.25) is 0 Å². The third-order valence-corrected chi connectivity index (χ3v) is 5.09. The highest BCUT2D eigenvalue weighted by Crippen LogP contribution is 2.29. The van der Waals surface area contributed by atoms with Crippen LogP contribution in [0.25, 0.3) is 6.08 Å². The van der Waals surface area contributed by atoms with Crippen molar-refractivity contribution >= 4 is 6.08 Å². The van der Waals surface area contributed by atoms with Crippen molar-refractivity contribution in [2.75, 3.05) is 6.61 Å². The lowest BCUT2D eigenvalue weighted by atomic mass is 9.81. The minimum Gasteiger partial charge on any atom is -0.494 e. The fraction of sp³-hybridized carbons (Fsp3) is 0.259. The van der Waals surface area contributed by atoms with Crippen LogP contribution in [0.1, 0.15) is 49.4 Å². The van der Waals surface area contributed by atoms with Crippen molar-refractivity contribution in [2.45, 2.75) is 39.0 Å². The van der Waals surface area contributed by atoms with Crippen molar-refractivity contribution in [1.29, 1.82) is 0 Å². The molecule has 28 heavy (non-hydrogen) atoms. The summed E-state index contributed by atoms with van der Waals surface area (Å²) < 4.78 is 5.55. The van der Waals surface area contributed by atoms with Crippen molar-refractivity contribution in [3.8, 4) is 5.75 Å². The maximum Gasteiger partial charge on any atom is 0.119 e. The second-order valence-electron chi connectivity index (χ2n) is 7.86. The molecule has 0 saturated heterocycles. The highest BCUT2D eigenvalue weighted by Gasteiger charge is 2.18. The average Bonchev–Trinajstić information content (AvgIpc) is 2.70. The first-order valence-corrected chi connectivity index (χ1v) is 10.1. The molecular formula is C27H30O. The summed E-state index contributed by atoms with van der Waals surface area (Å²) in [4.78, 5) is 0. The van der Waals surface area contributed by atoms with Gasteiger partial charge in [0.15, 0.2) is 0 Å². The molecule has 0 fully saturated rings. The number of rotatable bonds is 8. The highest BCUT2D eigenvalue weighted by molar-refractivity contribution is 5.51. The molecular weight excluding hydrogens is 340 g/mol. The Kier molecular flexibility index (Phi) is 6.71. The molecule has 0 aliphatic rings. The molecule has 0 radical (unpaired) electrons. The van der Waals surface area contributed by atoms with E-state index in [2.05, 4.69) is 105 Å². The van der Waals surface area contributed by atoms with E-state index in [1.54, 1.807) is 0 Å². The van der Waals surface area contributed by atoms with Gasteiger partial charge in [-0.2, -0.15) is 0 Å². The van der Waals surface area contributed by atoms with Crippen LogP contribution in [0.15, 0.2) is 84.9 Å². The number of hydrogen-bond donors (Lipinski definition) is 0. The van der Waals surface area contributed by atoms with Crippen LogP contribution in [0.3, 0.4) is 0 Å². The molecule has 3 aromatic rings. The highest BCUT2D eigenvalue weighted by atomic mass is 16.5. The Balaban J connectivity index is 1.64. The van der Waals surface area contributed by atoms with Crippen LogP contribution in [-0.2, 0) is 11.8 Å². The van der Waals surface area contributed by atoms with Gasteiger partial charge in [-0.15, -0.1) is 0 Å². The number of allylic oxidation sites excluding steroid dienone is 1. The van der Waals surface area contributed by atoms with Gasteiger partial charge in [0.05, 0.1) is 6.61 Å². The summed E-state index contributed by atoms with van der Waals surface area (Å²) in [5.74, 6) is 0.938. The van der Waals surface area contributed by atoms with Gasteiger partial charge in [-0.1, -0.05) is 92.7 Å². The third-order valence-electron chi connectivity index (χ3n) is 5.09. The zero-order chi connectivity index (χ0) is 19.8. The summed E-state index contributed by atoms with van der Waals surface area (Å²) in [6.07, 6.45) is 6.49. The van der Waals surface area contributed by atoms with Gasteiger partial charge in [-0.25, -0.2) is 0 Å². The lowest BCUT2D eigenvalue weighted by Gasteiger charge is -2.24. The van der Waals surface area contributed by atoms with E-state index in [9.17, 15) is 0 Å². The maximum atomic E-state index is 5.55. The van der Waals surface area contributed by atoms with E-state index in [0.717, 1.165) is 18.6 Å². The number of ether oxygens (including phenoxy) is 1. The van der Waals surface area contributed by atoms with Gasteiger partial charge in [0.1, 0.15) is 5.75 Å². The Morgan fingerprint density at radius 3 is 2.25 bits per heavy atom. The summed E-state index contributed by atoms with van der Waals surface area (Å²) in [5.41, 5.74) is 5.37. The Bertz CT molecular complexity index is 889. The summed E-state index contributed by atoms with van der Waals surface area (Å²) in [5, 5.41) is 0. The molecule has 3 rings (SSSR count). The molecule has 0 saturated carbocycles. The third kappa shape index (κ3) is 5.60. The molecule has 1 nitrogen and oxygen atoms in total. The summed E-state index contributed by atoms with van der Waals surface area (Å²) in [6.45, 7) is 7.30. The smallest absolute Gasteiger partial charge is 0.119 e. The fourth-order valence-electron chi connectivity index (χ4n) is 3.41. The van der Waals surface area contributed by atoms with Gasteiger partial charge >= 0.3 is 0 Å². The monoisotopic (exact) mass is 370 g/mol. The predicted octanol–water partition coefficient (Wildman–Crippen LogP) is 7.06. The predicted molar refractivity (Wildman–Crippen MR) is 120 cm³/mol. The lowest BCUT2D eigenvalue weighted by molar-refractivity contribution is 0.340. The zero-order valence-corrected chi connectivity index (χ0v) is 17.2. The van der Waals surface area contributed by atoms with Gasteiger partial charge in [-0.05, 0) is 59.6 Å². The fourth-order valence-corrected chi connectivity index (χ4v) is 3.41. The topological polar surface area (TPSA) is 9.23 Å². The Morgan fingerprint density at radius 1 is 0.821 bits per heavy atom. The largest absolute Gasteiger partial charge is 0.494 e. The standard InChI is InChI=1S/C27H30O/c1-4-28-26-17-15-25(16-18-26)27(2,3)19-9-14-23-12-8-13-24(21-23)20-22-10-6-5-7-11-22/h5-18,21H,4,19-20H2,1-3H3/b14-9+. The quantitative estimate of drug-likeness (QED) is 0.412. The van der Waals surface area contributed by atoms with Crippen LogP contribution in [0.2, 0.25) is 0 Å². The summed E-state index contributed by atoms with van der Waals surface area (Å²) in [7, 11) is 0. The maximum absolute atomic E-state index is 5.55. The van der Waals surface area contributed by atoms with Crippen LogP contribution in [0.4, 0.5) is 0 Å². The van der Waals surface area contributed by atoms with Crippen molar-refractivity contribution in [1.82, 2.24) is 0 Å². The van der Waals surface area contributed by atoms with E-state index in [0.29, 0.717) is 6.61 Å². The molecule has 0 spiro atoms. The first-order valence-electron chi connectivity index (χ1n) is 10.1. The molecule has 0 N–H and O–H groups in total. The molecule has 3 aromatic carbocycles. The van der Waals surface area contributed by atoms with E-state index in [-0.39, 0.29) is 5.41 Å². The Morgan fingerprint density at radius 2 is 1.54 bits per heavy atom. The first kappa shape index (κ1) is 19.9. The SMILES string of the molecule is CCOc1ccc(C(C)(C)C/C=C/c2cccc(Cc3ccccc3)c2)cc1. The normalized spacial score (nSPS) is 11.7. The van der Waals surface area contributed by atoms with Crippen LogP contribution in [0, 0.1) is 0 Å². The molecule has 144 valence electrons. The molecule has 0 aliphatic carbocycles. The van der Waals surface area contributed by atoms with Crippen LogP contribution < -0.4 is 4.74 Å². The minimum atomic E-state index is 0.0862. The second kappa shape index (κ2) is 9.41. The van der Waals surface area contributed by atoms with Crippen LogP contribution >= 0.6 is 0 Å². The second-order valence-corrected chi connectivity index (χ2v) is 7.86. The van der Waals surface area contributed by atoms with E-state index in [1.165, 1.54) is 22.3 Å². The molecule has 0 aromatic heterocycles. The van der Waals surface area contributed by atoms with E-state index < -0.39 is 0 Å². The molecule has 0 heterocycles. The van der Waals surface area contributed by atoms with Gasteiger partial charge in [0.25, 0.3) is 0 Å². The average molecular weight is 371 g/mol.